The zero-order valence-electron chi connectivity index (χ0n) is 19.5. The Hall–Kier alpha value is -3.64. The highest BCUT2D eigenvalue weighted by atomic mass is 32.2. The fraction of sp³-hybridized carbons (Fsp3) is 0.179. The molecule has 0 saturated heterocycles. The summed E-state index contributed by atoms with van der Waals surface area (Å²) >= 11 is 0. The molecule has 0 saturated carbocycles. The molecule has 4 rings (SSSR count). The Morgan fingerprint density at radius 3 is 2.15 bits per heavy atom. The van der Waals surface area contributed by atoms with E-state index in [1.54, 1.807) is 36.4 Å². The number of nitrogens with one attached hydrogen (secondary N) is 1. The monoisotopic (exact) mass is 472 g/mol. The third kappa shape index (κ3) is 5.13. The number of nitrogens with zero attached hydrogens (tertiary/aromatic N) is 1. The maximum atomic E-state index is 13.6. The quantitative estimate of drug-likeness (QED) is 0.353. The van der Waals surface area contributed by atoms with Gasteiger partial charge in [0.25, 0.3) is 10.0 Å². The highest BCUT2D eigenvalue weighted by Gasteiger charge is 2.27. The Bertz CT molecular complexity index is 1410. The summed E-state index contributed by atoms with van der Waals surface area (Å²) in [6, 6.07) is 27.4. The van der Waals surface area contributed by atoms with E-state index in [1.807, 2.05) is 61.5 Å². The molecule has 4 aromatic carbocycles. The number of aryl methyl sites for hydroxylation is 1. The Morgan fingerprint density at radius 2 is 1.50 bits per heavy atom. The molecule has 6 heteroatoms. The molecule has 174 valence electrons. The summed E-state index contributed by atoms with van der Waals surface area (Å²) in [5, 5.41) is 4.91. The molecule has 1 N–H and O–H groups in total. The van der Waals surface area contributed by atoms with Gasteiger partial charge in [-0.15, -0.1) is 0 Å². The first-order chi connectivity index (χ1) is 16.2. The van der Waals surface area contributed by atoms with Gasteiger partial charge in [-0.1, -0.05) is 74.0 Å². The molecule has 0 unspecified atom stereocenters. The number of sulfonamides is 1. The molecule has 0 aliphatic carbocycles. The molecule has 5 nitrogen and oxygen atoms in total. The van der Waals surface area contributed by atoms with Crippen molar-refractivity contribution in [3.05, 3.63) is 102 Å². The van der Waals surface area contributed by atoms with Crippen LogP contribution in [0.1, 0.15) is 30.9 Å². The van der Waals surface area contributed by atoms with E-state index in [0.29, 0.717) is 17.3 Å². The van der Waals surface area contributed by atoms with Crippen molar-refractivity contribution in [1.82, 2.24) is 0 Å². The van der Waals surface area contributed by atoms with Crippen molar-refractivity contribution in [2.45, 2.75) is 31.6 Å². The van der Waals surface area contributed by atoms with Gasteiger partial charge in [-0.3, -0.25) is 9.10 Å². The topological polar surface area (TPSA) is 66.5 Å². The first-order valence-electron chi connectivity index (χ1n) is 11.2. The van der Waals surface area contributed by atoms with Gasteiger partial charge in [0.1, 0.15) is 6.54 Å². The van der Waals surface area contributed by atoms with Crippen LogP contribution in [0.25, 0.3) is 10.8 Å². The van der Waals surface area contributed by atoms with Crippen molar-refractivity contribution >= 4 is 38.1 Å². The van der Waals surface area contributed by atoms with Gasteiger partial charge in [0.2, 0.25) is 5.91 Å². The number of rotatable bonds is 7. The van der Waals surface area contributed by atoms with Crippen LogP contribution < -0.4 is 9.62 Å². The molecule has 34 heavy (non-hydrogen) atoms. The van der Waals surface area contributed by atoms with Crippen LogP contribution in [0, 0.1) is 6.92 Å². The Balaban J connectivity index is 1.65. The summed E-state index contributed by atoms with van der Waals surface area (Å²) in [7, 11) is -3.95. The van der Waals surface area contributed by atoms with E-state index in [-0.39, 0.29) is 11.4 Å². The van der Waals surface area contributed by atoms with Gasteiger partial charge in [0, 0.05) is 5.69 Å². The van der Waals surface area contributed by atoms with Crippen LogP contribution >= 0.6 is 0 Å². The summed E-state index contributed by atoms with van der Waals surface area (Å²) in [6.45, 7) is 5.71. The van der Waals surface area contributed by atoms with Gasteiger partial charge in [0.15, 0.2) is 0 Å². The molecule has 0 aliphatic heterocycles. The van der Waals surface area contributed by atoms with Crippen molar-refractivity contribution in [1.29, 1.82) is 0 Å². The second-order valence-corrected chi connectivity index (χ2v) is 10.5. The van der Waals surface area contributed by atoms with E-state index < -0.39 is 15.9 Å². The van der Waals surface area contributed by atoms with E-state index in [0.717, 1.165) is 26.2 Å². The predicted molar refractivity (Wildman–Crippen MR) is 139 cm³/mol. The van der Waals surface area contributed by atoms with Crippen molar-refractivity contribution in [3.63, 3.8) is 0 Å². The van der Waals surface area contributed by atoms with E-state index in [2.05, 4.69) is 19.2 Å². The number of amides is 1. The maximum absolute atomic E-state index is 13.6. The van der Waals surface area contributed by atoms with Gasteiger partial charge < -0.3 is 5.32 Å². The minimum absolute atomic E-state index is 0.143. The molecule has 0 radical (unpaired) electrons. The first kappa shape index (κ1) is 23.5. The van der Waals surface area contributed by atoms with Crippen LogP contribution in [0.15, 0.2) is 95.9 Å². The van der Waals surface area contributed by atoms with Gasteiger partial charge >= 0.3 is 0 Å². The Labute approximate surface area is 201 Å². The molecule has 0 spiro atoms. The Morgan fingerprint density at radius 1 is 0.853 bits per heavy atom. The summed E-state index contributed by atoms with van der Waals surface area (Å²) in [6.07, 6.45) is 0. The zero-order chi connectivity index (χ0) is 24.3. The molecule has 4 aromatic rings. The number of carbonyl (C=O) groups is 1. The highest BCUT2D eigenvalue weighted by molar-refractivity contribution is 7.92. The van der Waals surface area contributed by atoms with Crippen molar-refractivity contribution < 1.29 is 13.2 Å². The van der Waals surface area contributed by atoms with Crippen molar-refractivity contribution in [2.75, 3.05) is 16.2 Å². The smallest absolute Gasteiger partial charge is 0.264 e. The van der Waals surface area contributed by atoms with E-state index >= 15 is 0 Å². The van der Waals surface area contributed by atoms with Crippen molar-refractivity contribution in [3.8, 4) is 0 Å². The number of fused-ring (bicyclic) bond motifs is 1. The van der Waals surface area contributed by atoms with Crippen LogP contribution in [-0.4, -0.2) is 20.9 Å². The summed E-state index contributed by atoms with van der Waals surface area (Å²) < 4.78 is 28.3. The number of anilines is 2. The first-order valence-corrected chi connectivity index (χ1v) is 12.7. The van der Waals surface area contributed by atoms with E-state index in [4.69, 9.17) is 0 Å². The van der Waals surface area contributed by atoms with Crippen LogP contribution in [0.5, 0.6) is 0 Å². The summed E-state index contributed by atoms with van der Waals surface area (Å²) in [5.74, 6) is -0.105. The molecule has 0 aliphatic rings. The molecule has 0 atom stereocenters. The van der Waals surface area contributed by atoms with Crippen molar-refractivity contribution in [2.24, 2.45) is 0 Å². The maximum Gasteiger partial charge on any atom is 0.264 e. The lowest BCUT2D eigenvalue weighted by molar-refractivity contribution is -0.114. The van der Waals surface area contributed by atoms with Crippen LogP contribution in [0.3, 0.4) is 0 Å². The fourth-order valence-electron chi connectivity index (χ4n) is 3.78. The van der Waals surface area contributed by atoms with E-state index in [1.165, 1.54) is 0 Å². The second kappa shape index (κ2) is 9.69. The number of hydrogen-bond donors (Lipinski definition) is 1. The molecule has 0 fully saturated rings. The van der Waals surface area contributed by atoms with Gasteiger partial charge in [-0.05, 0) is 65.6 Å². The molecular weight excluding hydrogens is 444 g/mol. The minimum Gasteiger partial charge on any atom is -0.324 e. The van der Waals surface area contributed by atoms with Gasteiger partial charge in [0.05, 0.1) is 10.6 Å². The average Bonchev–Trinajstić information content (AvgIpc) is 2.83. The van der Waals surface area contributed by atoms with Crippen LogP contribution in [0.4, 0.5) is 11.4 Å². The van der Waals surface area contributed by atoms with Crippen LogP contribution in [0.2, 0.25) is 0 Å². The predicted octanol–water partition coefficient (Wildman–Crippen LogP) is 6.11. The summed E-state index contributed by atoms with van der Waals surface area (Å²) in [5.41, 5.74) is 3.11. The normalized spacial score (nSPS) is 11.5. The van der Waals surface area contributed by atoms with Crippen LogP contribution in [-0.2, 0) is 14.8 Å². The SMILES string of the molecule is Cc1ccc(S(=O)(=O)N(CC(=O)Nc2ccc3ccccc3c2)c2ccc(C(C)C)cc2)cc1. The number of carbonyl (C=O) groups excluding carboxylic acids is 1. The second-order valence-electron chi connectivity index (χ2n) is 8.68. The largest absolute Gasteiger partial charge is 0.324 e. The minimum atomic E-state index is -3.95. The molecule has 1 amide bonds. The highest BCUT2D eigenvalue weighted by Crippen LogP contribution is 2.26. The zero-order valence-corrected chi connectivity index (χ0v) is 20.3. The molecule has 0 bridgehead atoms. The standard InChI is InChI=1S/C28H28N2O3S/c1-20(2)22-11-14-26(15-12-22)30(34(32,33)27-16-8-21(3)9-17-27)19-28(31)29-25-13-10-23-6-4-5-7-24(23)18-25/h4-18,20H,19H2,1-3H3,(H,29,31). The van der Waals surface area contributed by atoms with Gasteiger partial charge in [-0.2, -0.15) is 0 Å². The summed E-state index contributed by atoms with van der Waals surface area (Å²) in [4.78, 5) is 13.2. The molecule has 0 heterocycles. The third-order valence-electron chi connectivity index (χ3n) is 5.78. The van der Waals surface area contributed by atoms with E-state index in [9.17, 15) is 13.2 Å². The lowest BCUT2D eigenvalue weighted by atomic mass is 10.0. The molecular formula is C28H28N2O3S. The number of hydrogen-bond acceptors (Lipinski definition) is 3. The lowest BCUT2D eigenvalue weighted by Gasteiger charge is -2.24. The Kier molecular flexibility index (Phi) is 6.70. The van der Waals surface area contributed by atoms with Gasteiger partial charge in [-0.25, -0.2) is 8.42 Å². The average molecular weight is 473 g/mol. The number of benzene rings is 4. The third-order valence-corrected chi connectivity index (χ3v) is 7.57. The molecule has 0 aromatic heterocycles. The fourth-order valence-corrected chi connectivity index (χ4v) is 5.20. The lowest BCUT2D eigenvalue weighted by Crippen LogP contribution is -2.38.